The largest absolute Gasteiger partial charge is 0.352 e. The van der Waals surface area contributed by atoms with Crippen molar-refractivity contribution < 1.29 is 4.79 Å². The third-order valence-electron chi connectivity index (χ3n) is 8.70. The summed E-state index contributed by atoms with van der Waals surface area (Å²) in [6.45, 7) is 4.80. The van der Waals surface area contributed by atoms with Gasteiger partial charge in [0.1, 0.15) is 23.2 Å². The number of nitrogens with one attached hydrogen (secondary N) is 1. The maximum Gasteiger partial charge on any atom is 0.251 e. The average molecular weight is 605 g/mol. The molecule has 0 aromatic heterocycles. The Labute approximate surface area is 268 Å². The van der Waals surface area contributed by atoms with Gasteiger partial charge in [-0.25, -0.2) is 0 Å². The van der Waals surface area contributed by atoms with Gasteiger partial charge in [0.25, 0.3) is 5.91 Å². The number of amides is 1. The molecule has 0 radical (unpaired) electrons. The van der Waals surface area contributed by atoms with Crippen molar-refractivity contribution in [2.24, 2.45) is 0 Å². The molecule has 0 saturated carbocycles. The van der Waals surface area contributed by atoms with Gasteiger partial charge in [0.15, 0.2) is 0 Å². The van der Waals surface area contributed by atoms with E-state index in [1.54, 1.807) is 0 Å². The zero-order chi connectivity index (χ0) is 31.1. The van der Waals surface area contributed by atoms with E-state index in [2.05, 4.69) is 165 Å². The number of aryl methyl sites for hydroxylation is 1. The predicted molar refractivity (Wildman–Crippen MR) is 194 cm³/mol. The van der Waals surface area contributed by atoms with Crippen LogP contribution in [0.1, 0.15) is 27.9 Å². The molecule has 0 saturated heterocycles. The lowest BCUT2D eigenvalue weighted by atomic mass is 9.85. The van der Waals surface area contributed by atoms with E-state index in [1.807, 2.05) is 12.1 Å². The molecule has 0 bridgehead atoms. The van der Waals surface area contributed by atoms with Crippen LogP contribution in [0, 0.1) is 13.8 Å². The van der Waals surface area contributed by atoms with Crippen LogP contribution in [0.4, 0.5) is 0 Å². The molecule has 0 unspecified atom stereocenters. The van der Waals surface area contributed by atoms with E-state index in [-0.39, 0.29) is 5.91 Å². The van der Waals surface area contributed by atoms with Gasteiger partial charge in [-0.3, -0.25) is 4.79 Å². The molecule has 1 amide bonds. The minimum atomic E-state index is -1.94. The van der Waals surface area contributed by atoms with Crippen LogP contribution >= 0.6 is 7.26 Å². The first-order valence-corrected chi connectivity index (χ1v) is 17.6. The molecule has 6 aromatic carbocycles. The Kier molecular flexibility index (Phi) is 9.34. The number of benzene rings is 6. The van der Waals surface area contributed by atoms with Gasteiger partial charge in [0.05, 0.1) is 6.16 Å². The fourth-order valence-electron chi connectivity index (χ4n) is 6.59. The van der Waals surface area contributed by atoms with Gasteiger partial charge in [-0.05, 0) is 96.1 Å². The molecule has 0 spiro atoms. The lowest BCUT2D eigenvalue weighted by Crippen LogP contribution is -2.35. The van der Waals surface area contributed by atoms with Crippen LogP contribution in [0.25, 0.3) is 22.3 Å². The van der Waals surface area contributed by atoms with Gasteiger partial charge in [0, 0.05) is 12.1 Å². The lowest BCUT2D eigenvalue weighted by Gasteiger charge is -2.27. The van der Waals surface area contributed by atoms with Crippen molar-refractivity contribution in [2.75, 3.05) is 12.7 Å². The van der Waals surface area contributed by atoms with Crippen molar-refractivity contribution in [3.05, 3.63) is 174 Å². The number of rotatable bonds is 10. The van der Waals surface area contributed by atoms with Gasteiger partial charge < -0.3 is 5.32 Å². The summed E-state index contributed by atoms with van der Waals surface area (Å²) < 4.78 is 0. The Hall–Kier alpha value is -4.78. The smallest absolute Gasteiger partial charge is 0.251 e. The Morgan fingerprint density at radius 3 is 1.40 bits per heavy atom. The van der Waals surface area contributed by atoms with Gasteiger partial charge in [-0.2, -0.15) is 0 Å². The Balaban J connectivity index is 1.30. The van der Waals surface area contributed by atoms with Crippen molar-refractivity contribution in [3.8, 4) is 22.3 Å². The highest BCUT2D eigenvalue weighted by atomic mass is 31.2. The molecule has 0 heterocycles. The van der Waals surface area contributed by atoms with Crippen molar-refractivity contribution in [1.29, 1.82) is 0 Å². The highest BCUT2D eigenvalue weighted by molar-refractivity contribution is 7.95. The summed E-state index contributed by atoms with van der Waals surface area (Å²) >= 11 is 0. The molecule has 222 valence electrons. The minimum absolute atomic E-state index is 0.0181. The Morgan fingerprint density at radius 1 is 0.556 bits per heavy atom. The number of carbonyl (C=O) groups excluding carboxylic acids is 1. The summed E-state index contributed by atoms with van der Waals surface area (Å²) in [7, 11) is -1.94. The topological polar surface area (TPSA) is 29.1 Å². The molecule has 0 aliphatic rings. The Morgan fingerprint density at radius 2 is 0.956 bits per heavy atom. The maximum absolute atomic E-state index is 13.9. The Bertz CT molecular complexity index is 1760. The van der Waals surface area contributed by atoms with Crippen molar-refractivity contribution in [2.45, 2.75) is 20.3 Å². The molecule has 0 aliphatic heterocycles. The molecule has 45 heavy (non-hydrogen) atoms. The van der Waals surface area contributed by atoms with E-state index >= 15 is 0 Å². The minimum Gasteiger partial charge on any atom is -0.352 e. The second kappa shape index (κ2) is 13.9. The van der Waals surface area contributed by atoms with E-state index in [0.29, 0.717) is 6.54 Å². The van der Waals surface area contributed by atoms with Crippen molar-refractivity contribution in [3.63, 3.8) is 0 Å². The SMILES string of the molecule is Cc1cc(C(=O)NCCC[P+](c2ccccc2)(c2ccccc2)c2ccccc2)c(C)c(-c2ccccc2)c1-c1ccccc1. The summed E-state index contributed by atoms with van der Waals surface area (Å²) in [5.74, 6) is -0.0181. The first-order chi connectivity index (χ1) is 22.1. The van der Waals surface area contributed by atoms with Crippen molar-refractivity contribution >= 4 is 29.1 Å². The van der Waals surface area contributed by atoms with E-state index in [0.717, 1.165) is 46.0 Å². The van der Waals surface area contributed by atoms with Crippen LogP contribution in [0.3, 0.4) is 0 Å². The van der Waals surface area contributed by atoms with E-state index < -0.39 is 7.26 Å². The highest BCUT2D eigenvalue weighted by Gasteiger charge is 2.44. The lowest BCUT2D eigenvalue weighted by molar-refractivity contribution is 0.0953. The zero-order valence-electron chi connectivity index (χ0n) is 26.0. The first kappa shape index (κ1) is 30.3. The van der Waals surface area contributed by atoms with Crippen LogP contribution in [0.2, 0.25) is 0 Å². The maximum atomic E-state index is 13.9. The van der Waals surface area contributed by atoms with E-state index in [1.165, 1.54) is 21.5 Å². The quantitative estimate of drug-likeness (QED) is 0.123. The van der Waals surface area contributed by atoms with Crippen LogP contribution in [-0.2, 0) is 0 Å². The second-order valence-electron chi connectivity index (χ2n) is 11.5. The summed E-state index contributed by atoms with van der Waals surface area (Å²) in [6, 6.07) is 55.8. The fourth-order valence-corrected chi connectivity index (χ4v) is 10.9. The third-order valence-corrected chi connectivity index (χ3v) is 13.2. The molecule has 0 atom stereocenters. The molecule has 6 rings (SSSR count). The number of hydrogen-bond donors (Lipinski definition) is 1. The van der Waals surface area contributed by atoms with Crippen molar-refractivity contribution in [1.82, 2.24) is 5.32 Å². The molecule has 1 N–H and O–H groups in total. The van der Waals surface area contributed by atoms with E-state index in [9.17, 15) is 4.79 Å². The fraction of sp³-hybridized carbons (Fsp3) is 0.119. The summed E-state index contributed by atoms with van der Waals surface area (Å²) in [5, 5.41) is 7.41. The normalized spacial score (nSPS) is 11.2. The van der Waals surface area contributed by atoms with E-state index in [4.69, 9.17) is 0 Å². The third kappa shape index (κ3) is 6.25. The predicted octanol–water partition coefficient (Wildman–Crippen LogP) is 8.75. The van der Waals surface area contributed by atoms with Crippen LogP contribution in [-0.4, -0.2) is 18.6 Å². The summed E-state index contributed by atoms with van der Waals surface area (Å²) in [6.07, 6.45) is 1.83. The first-order valence-electron chi connectivity index (χ1n) is 15.7. The van der Waals surface area contributed by atoms with Gasteiger partial charge in [0.2, 0.25) is 0 Å². The van der Waals surface area contributed by atoms with Crippen LogP contribution in [0.5, 0.6) is 0 Å². The standard InChI is InChI=1S/C42H38NOP/c1-32-31-39(33(2)41(35-21-10-4-11-22-35)40(32)34-19-8-3-9-20-34)42(44)43-29-18-30-45(36-23-12-5-13-24-36,37-25-14-6-15-26-37)38-27-16-7-17-28-38/h3-17,19-28,31H,18,29-30H2,1-2H3/p+1. The molecule has 3 heteroatoms. The van der Waals surface area contributed by atoms with Gasteiger partial charge in [-0.1, -0.05) is 115 Å². The van der Waals surface area contributed by atoms with Crippen LogP contribution in [0.15, 0.2) is 158 Å². The van der Waals surface area contributed by atoms with Gasteiger partial charge >= 0.3 is 0 Å². The summed E-state index contributed by atoms with van der Waals surface area (Å²) in [5.41, 5.74) is 7.41. The zero-order valence-corrected chi connectivity index (χ0v) is 26.9. The summed E-state index contributed by atoms with van der Waals surface area (Å²) in [4.78, 5) is 13.9. The molecule has 6 aromatic rings. The number of carbonyl (C=O) groups is 1. The second-order valence-corrected chi connectivity index (χ2v) is 15.1. The molecule has 0 fully saturated rings. The highest BCUT2D eigenvalue weighted by Crippen LogP contribution is 2.55. The average Bonchev–Trinajstić information content (AvgIpc) is 3.11. The number of hydrogen-bond acceptors (Lipinski definition) is 1. The monoisotopic (exact) mass is 604 g/mol. The molecule has 0 aliphatic carbocycles. The van der Waals surface area contributed by atoms with Gasteiger partial charge in [-0.15, -0.1) is 0 Å². The molecular weight excluding hydrogens is 565 g/mol. The molecule has 2 nitrogen and oxygen atoms in total. The molecular formula is C42H39NOP+. The van der Waals surface area contributed by atoms with Crippen LogP contribution < -0.4 is 21.2 Å².